The van der Waals surface area contributed by atoms with Gasteiger partial charge in [-0.2, -0.15) is 0 Å². The number of fused-ring (bicyclic) bond motifs is 4. The third-order valence-corrected chi connectivity index (χ3v) is 15.2. The molecular weight excluding hydrogens is 830 g/mol. The van der Waals surface area contributed by atoms with Crippen molar-refractivity contribution < 1.29 is 52.8 Å². The molecule has 10 N–H and O–H groups in total. The molecule has 3 saturated heterocycles. The van der Waals surface area contributed by atoms with E-state index < -0.39 is 112 Å². The number of rotatable bonds is 13. The Kier molecular flexibility index (Phi) is 10.9. The summed E-state index contributed by atoms with van der Waals surface area (Å²) in [6.45, 7) is 6.16. The number of carbonyl (C=O) groups is 6. The number of amides is 4. The Bertz CT molecular complexity index is 2220. The topological polar surface area (TPSA) is 275 Å². The Morgan fingerprint density at radius 3 is 1.23 bits per heavy atom. The minimum Gasteiger partial charge on any atom is -0.392 e. The van der Waals surface area contributed by atoms with Gasteiger partial charge >= 0.3 is 24.1 Å². The zero-order chi connectivity index (χ0) is 46.4. The van der Waals surface area contributed by atoms with Crippen LogP contribution in [0.4, 0.5) is 19.7 Å². The first-order valence-corrected chi connectivity index (χ1v) is 21.4. The van der Waals surface area contributed by atoms with Crippen LogP contribution in [0.1, 0.15) is 53.4 Å². The maximum absolute atomic E-state index is 14.8. The van der Waals surface area contributed by atoms with Crippen LogP contribution in [0.15, 0.2) is 95.2 Å². The fourth-order valence-corrected chi connectivity index (χ4v) is 13.0. The summed E-state index contributed by atoms with van der Waals surface area (Å²) >= 11 is 0. The van der Waals surface area contributed by atoms with Gasteiger partial charge in [-0.1, -0.05) is 76.3 Å². The van der Waals surface area contributed by atoms with Gasteiger partial charge in [-0.15, -0.1) is 0 Å². The molecule has 18 heteroatoms. The average Bonchev–Trinajstić information content (AvgIpc) is 4.07. The largest absolute Gasteiger partial charge is 0.412 e. The highest BCUT2D eigenvalue weighted by molar-refractivity contribution is 6.11. The van der Waals surface area contributed by atoms with Crippen molar-refractivity contribution in [2.24, 2.45) is 45.6 Å². The number of likely N-dealkylation sites (tertiary alicyclic amines) is 2. The molecule has 64 heavy (non-hydrogen) atoms. The van der Waals surface area contributed by atoms with Crippen molar-refractivity contribution in [1.82, 2.24) is 9.80 Å². The first-order chi connectivity index (χ1) is 30.1. The third-order valence-electron chi connectivity index (χ3n) is 15.2. The number of aliphatic hydroxyl groups excluding tert-OH is 2. The molecule has 4 bridgehead atoms. The number of allylic oxidation sites excluding steroid dienone is 12. The van der Waals surface area contributed by atoms with E-state index in [2.05, 4.69) is 0 Å². The van der Waals surface area contributed by atoms with E-state index in [0.717, 1.165) is 22.3 Å². The summed E-state index contributed by atoms with van der Waals surface area (Å²) in [5, 5.41) is 23.3. The number of esters is 2. The summed E-state index contributed by atoms with van der Waals surface area (Å²) in [5.74, 6) is -6.63. The van der Waals surface area contributed by atoms with Crippen LogP contribution in [0.2, 0.25) is 0 Å². The molecule has 8 atom stereocenters. The zero-order valence-corrected chi connectivity index (χ0v) is 36.0. The quantitative estimate of drug-likeness (QED) is 0.122. The van der Waals surface area contributed by atoms with E-state index in [1.165, 1.54) is 34.1 Å². The van der Waals surface area contributed by atoms with Crippen LogP contribution in [0.5, 0.6) is 0 Å². The predicted molar refractivity (Wildman–Crippen MR) is 228 cm³/mol. The van der Waals surface area contributed by atoms with Crippen LogP contribution in [-0.2, 0) is 28.7 Å². The van der Waals surface area contributed by atoms with Crippen LogP contribution in [-0.4, -0.2) is 116 Å². The molecule has 17 nitrogen and oxygen atoms in total. The van der Waals surface area contributed by atoms with Gasteiger partial charge in [0.1, 0.15) is 5.82 Å². The minimum absolute atomic E-state index is 0.0164. The van der Waals surface area contributed by atoms with Gasteiger partial charge in [0.2, 0.25) is 22.9 Å². The number of β-amino-alcohol motifs (C(OH)–C–C–N with tert-alkyl or cyclic N) is 2. The Morgan fingerprint density at radius 1 is 0.594 bits per heavy atom. The molecule has 3 unspecified atom stereocenters. The summed E-state index contributed by atoms with van der Waals surface area (Å²) in [4.78, 5) is 87.9. The number of halogens is 1. The fourth-order valence-electron chi connectivity index (χ4n) is 13.0. The average molecular weight is 884 g/mol. The number of primary amides is 4. The number of carbonyl (C=O) groups excluding carboxylic acids is 6. The number of ether oxygens (including phenoxy) is 2. The molecule has 0 aromatic heterocycles. The molecule has 8 rings (SSSR count). The van der Waals surface area contributed by atoms with E-state index in [1.54, 1.807) is 27.7 Å². The molecule has 0 saturated carbocycles. The standard InChI is InChI=1S/C46H54FN7O10/c1-43(2,35-23-5-6-24(35)8-7-23)45(37(48)57,39(59)63-41(50)61)52-21-29(55)19-33(52)31-17-18-32(54(31)28-15-13-27(47)14-16-28)34-20-30(56)22-53(34)46(38(49)58,40(60)64-42(51)62)44(3,4)36-25-9-10-26(36)12-11-25/h5-16,29-36,55-56H,17-22H2,1-4H3,(H2,48,57)(H2,49,58)(H2,50,61)(H2,51,62)/t29-,30-,31-,32?,33?,34?,45-,46-/m0/s1. The molecule has 0 spiro atoms. The lowest BCUT2D eigenvalue weighted by Gasteiger charge is -2.54. The lowest BCUT2D eigenvalue weighted by molar-refractivity contribution is -0.173. The highest BCUT2D eigenvalue weighted by Crippen LogP contribution is 2.58. The Morgan fingerprint density at radius 2 is 0.938 bits per heavy atom. The van der Waals surface area contributed by atoms with E-state index >= 15 is 0 Å². The van der Waals surface area contributed by atoms with Gasteiger partial charge < -0.3 is 47.5 Å². The maximum Gasteiger partial charge on any atom is 0.412 e. The molecule has 4 amide bonds. The Labute approximate surface area is 368 Å². The first kappa shape index (κ1) is 44.6. The van der Waals surface area contributed by atoms with Crippen LogP contribution in [0, 0.1) is 28.5 Å². The van der Waals surface area contributed by atoms with Gasteiger partial charge in [-0.25, -0.2) is 23.6 Å². The monoisotopic (exact) mass is 883 g/mol. The van der Waals surface area contributed by atoms with Crippen molar-refractivity contribution in [1.29, 1.82) is 0 Å². The molecule has 4 aliphatic carbocycles. The molecular formula is C46H54FN7O10. The SMILES string of the molecule is CC(C)(C1C2=CC=C1C=C2)[C@](C(N)=O)(C(=O)OC(N)=O)N1C[C@@H](O)CC1C1CC[C@@H](C2C[C@H](O)CN2[C@@](C(N)=O)(C(=O)OC(N)=O)C(C)(C)C2C3=CC=C2C=C3)N1c1ccc(F)cc1. The predicted octanol–water partition coefficient (Wildman–Crippen LogP) is 1.88. The lowest BCUT2D eigenvalue weighted by Crippen LogP contribution is -2.75. The number of anilines is 1. The third kappa shape index (κ3) is 6.39. The number of nitrogens with zero attached hydrogens (tertiary/aromatic N) is 3. The van der Waals surface area contributed by atoms with Crippen molar-refractivity contribution in [3.63, 3.8) is 0 Å². The van der Waals surface area contributed by atoms with Gasteiger partial charge in [0.05, 0.1) is 12.2 Å². The van der Waals surface area contributed by atoms with E-state index in [9.17, 15) is 43.4 Å². The number of aliphatic hydroxyl groups is 2. The fraction of sp³-hybridized carbons (Fsp3) is 0.478. The molecule has 7 aliphatic rings. The van der Waals surface area contributed by atoms with Crippen molar-refractivity contribution in [3.8, 4) is 0 Å². The molecule has 1 aromatic carbocycles. The minimum atomic E-state index is -2.44. The Hall–Kier alpha value is -5.95. The van der Waals surface area contributed by atoms with Crippen molar-refractivity contribution in [2.45, 2.75) is 101 Å². The lowest BCUT2D eigenvalue weighted by atomic mass is 9.60. The van der Waals surface area contributed by atoms with E-state index in [0.29, 0.717) is 5.69 Å². The van der Waals surface area contributed by atoms with Gasteiger partial charge in [-0.3, -0.25) is 19.4 Å². The Balaban J connectivity index is 1.28. The summed E-state index contributed by atoms with van der Waals surface area (Å²) in [5.41, 5.74) is 19.5. The van der Waals surface area contributed by atoms with Crippen molar-refractivity contribution >= 4 is 41.6 Å². The number of hydrogen-bond donors (Lipinski definition) is 6. The van der Waals surface area contributed by atoms with Gasteiger partial charge in [0.15, 0.2) is 0 Å². The summed E-state index contributed by atoms with van der Waals surface area (Å²) in [6.07, 6.45) is 10.2. The normalized spacial score (nSPS) is 28.7. The highest BCUT2D eigenvalue weighted by atomic mass is 19.1. The van der Waals surface area contributed by atoms with Crippen LogP contribution in [0.3, 0.4) is 0 Å². The molecule has 3 fully saturated rings. The van der Waals surface area contributed by atoms with E-state index in [-0.39, 0.29) is 38.8 Å². The first-order valence-electron chi connectivity index (χ1n) is 21.4. The maximum atomic E-state index is 14.8. The zero-order valence-electron chi connectivity index (χ0n) is 36.0. The van der Waals surface area contributed by atoms with Gasteiger partial charge in [0.25, 0.3) is 0 Å². The number of hydrogen-bond acceptors (Lipinski definition) is 13. The van der Waals surface area contributed by atoms with E-state index in [4.69, 9.17) is 32.4 Å². The molecule has 0 radical (unpaired) electrons. The molecule has 1 aromatic rings. The number of benzene rings is 1. The second kappa shape index (κ2) is 15.6. The molecule has 340 valence electrons. The van der Waals surface area contributed by atoms with E-state index in [1.807, 2.05) is 53.5 Å². The second-order valence-electron chi connectivity index (χ2n) is 19.0. The van der Waals surface area contributed by atoms with Crippen LogP contribution < -0.4 is 27.8 Å². The second-order valence-corrected chi connectivity index (χ2v) is 19.0. The van der Waals surface area contributed by atoms with Gasteiger partial charge in [-0.05, 0) is 72.2 Å². The van der Waals surface area contributed by atoms with Crippen molar-refractivity contribution in [3.05, 3.63) is 101 Å². The van der Waals surface area contributed by atoms with Crippen LogP contribution in [0.25, 0.3) is 0 Å². The molecule has 3 heterocycles. The summed E-state index contributed by atoms with van der Waals surface area (Å²) in [7, 11) is 0. The summed E-state index contributed by atoms with van der Waals surface area (Å²) in [6, 6.07) is 2.27. The van der Waals surface area contributed by atoms with Crippen molar-refractivity contribution in [2.75, 3.05) is 18.0 Å². The number of nitrogens with two attached hydrogens (primary N) is 4. The van der Waals surface area contributed by atoms with Crippen LogP contribution >= 0.6 is 0 Å². The molecule has 3 aliphatic heterocycles. The smallest absolute Gasteiger partial charge is 0.392 e. The summed E-state index contributed by atoms with van der Waals surface area (Å²) < 4.78 is 25.0. The highest BCUT2D eigenvalue weighted by Gasteiger charge is 2.71. The van der Waals surface area contributed by atoms with Gasteiger partial charge in [0, 0.05) is 65.6 Å².